The smallest absolute Gasteiger partial charge is 0.236 e. The Morgan fingerprint density at radius 1 is 1.64 bits per heavy atom. The van der Waals surface area contributed by atoms with Crippen molar-refractivity contribution in [2.24, 2.45) is 5.73 Å². The third-order valence-electron chi connectivity index (χ3n) is 1.63. The summed E-state index contributed by atoms with van der Waals surface area (Å²) in [4.78, 5) is 10.5. The fourth-order valence-corrected chi connectivity index (χ4v) is 1.19. The predicted octanol–water partition coefficient (Wildman–Crippen LogP) is 1.25. The lowest BCUT2D eigenvalue weighted by molar-refractivity contribution is -0.116. The third kappa shape index (κ3) is 2.81. The van der Waals surface area contributed by atoms with Gasteiger partial charge in [0.1, 0.15) is 5.75 Å². The molecule has 0 spiro atoms. The van der Waals surface area contributed by atoms with E-state index < -0.39 is 5.91 Å². The van der Waals surface area contributed by atoms with E-state index in [1.807, 2.05) is 0 Å². The summed E-state index contributed by atoms with van der Waals surface area (Å²) in [5.74, 6) is 0.233. The number of nitrogens with one attached hydrogen (secondary N) is 1. The zero-order valence-electron chi connectivity index (χ0n) is 7.71. The molecule has 1 aromatic rings. The molecule has 5 heteroatoms. The number of carbonyl (C=O) groups is 1. The highest BCUT2D eigenvalue weighted by atomic mass is 35.5. The van der Waals surface area contributed by atoms with E-state index in [0.29, 0.717) is 16.5 Å². The van der Waals surface area contributed by atoms with E-state index in [0.717, 1.165) is 0 Å². The highest BCUT2D eigenvalue weighted by molar-refractivity contribution is 6.33. The van der Waals surface area contributed by atoms with Crippen LogP contribution in [0.25, 0.3) is 0 Å². The number of ether oxygens (including phenoxy) is 1. The molecule has 3 N–H and O–H groups in total. The van der Waals surface area contributed by atoms with Crippen LogP contribution in [0.4, 0.5) is 5.69 Å². The van der Waals surface area contributed by atoms with Gasteiger partial charge in [0.25, 0.3) is 0 Å². The molecule has 0 fully saturated rings. The van der Waals surface area contributed by atoms with Crippen molar-refractivity contribution in [3.8, 4) is 5.75 Å². The molecule has 1 amide bonds. The number of rotatable bonds is 4. The Bertz CT molecular complexity index is 342. The lowest BCUT2D eigenvalue weighted by atomic mass is 10.3. The highest BCUT2D eigenvalue weighted by Crippen LogP contribution is 2.26. The molecule has 0 saturated carbocycles. The average Bonchev–Trinajstić information content (AvgIpc) is 2.15. The first-order valence-corrected chi connectivity index (χ1v) is 4.37. The van der Waals surface area contributed by atoms with Gasteiger partial charge in [0.05, 0.1) is 24.4 Å². The van der Waals surface area contributed by atoms with E-state index >= 15 is 0 Å². The van der Waals surface area contributed by atoms with Crippen LogP contribution in [0.15, 0.2) is 18.2 Å². The summed E-state index contributed by atoms with van der Waals surface area (Å²) < 4.78 is 4.97. The van der Waals surface area contributed by atoms with E-state index in [4.69, 9.17) is 22.1 Å². The Hall–Kier alpha value is -1.42. The van der Waals surface area contributed by atoms with E-state index in [-0.39, 0.29) is 6.54 Å². The Morgan fingerprint density at radius 3 is 2.86 bits per heavy atom. The number of hydrogen-bond acceptors (Lipinski definition) is 3. The quantitative estimate of drug-likeness (QED) is 0.793. The number of benzene rings is 1. The van der Waals surface area contributed by atoms with Gasteiger partial charge in [-0.15, -0.1) is 0 Å². The maximum Gasteiger partial charge on any atom is 0.236 e. The Labute approximate surface area is 87.0 Å². The van der Waals surface area contributed by atoms with Gasteiger partial charge in [-0.2, -0.15) is 0 Å². The van der Waals surface area contributed by atoms with Crippen LogP contribution in [-0.4, -0.2) is 19.6 Å². The topological polar surface area (TPSA) is 64.3 Å². The molecule has 0 saturated heterocycles. The summed E-state index contributed by atoms with van der Waals surface area (Å²) in [5, 5.41) is 3.29. The van der Waals surface area contributed by atoms with Crippen molar-refractivity contribution in [2.75, 3.05) is 19.0 Å². The van der Waals surface area contributed by atoms with Crippen LogP contribution in [0.2, 0.25) is 5.02 Å². The largest absolute Gasteiger partial charge is 0.497 e. The van der Waals surface area contributed by atoms with Crippen molar-refractivity contribution in [3.63, 3.8) is 0 Å². The molecule has 0 aliphatic rings. The minimum atomic E-state index is -0.433. The SMILES string of the molecule is COc1ccc(NCC(N)=O)c(Cl)c1. The van der Waals surface area contributed by atoms with Gasteiger partial charge in [0, 0.05) is 6.07 Å². The summed E-state index contributed by atoms with van der Waals surface area (Å²) in [7, 11) is 1.56. The normalized spacial score (nSPS) is 9.57. The number of primary amides is 1. The average molecular weight is 215 g/mol. The van der Waals surface area contributed by atoms with Crippen LogP contribution >= 0.6 is 11.6 Å². The maximum absolute atomic E-state index is 10.5. The molecule has 1 rings (SSSR count). The molecule has 0 bridgehead atoms. The van der Waals surface area contributed by atoms with Crippen LogP contribution in [0, 0.1) is 0 Å². The number of amides is 1. The van der Waals surface area contributed by atoms with Crippen molar-refractivity contribution >= 4 is 23.2 Å². The van der Waals surface area contributed by atoms with Crippen LogP contribution in [0.3, 0.4) is 0 Å². The number of hydrogen-bond donors (Lipinski definition) is 2. The van der Waals surface area contributed by atoms with Crippen molar-refractivity contribution in [1.29, 1.82) is 0 Å². The second kappa shape index (κ2) is 4.72. The molecule has 0 heterocycles. The maximum atomic E-state index is 10.5. The van der Waals surface area contributed by atoms with E-state index in [2.05, 4.69) is 5.32 Å². The van der Waals surface area contributed by atoms with Gasteiger partial charge in [-0.1, -0.05) is 11.6 Å². The zero-order chi connectivity index (χ0) is 10.6. The van der Waals surface area contributed by atoms with Gasteiger partial charge in [0.2, 0.25) is 5.91 Å². The number of methoxy groups -OCH3 is 1. The molecule has 0 radical (unpaired) electrons. The summed E-state index contributed by atoms with van der Waals surface area (Å²) >= 11 is 5.90. The molecule has 0 aliphatic heterocycles. The summed E-state index contributed by atoms with van der Waals surface area (Å²) in [6, 6.07) is 5.13. The predicted molar refractivity (Wildman–Crippen MR) is 55.7 cm³/mol. The third-order valence-corrected chi connectivity index (χ3v) is 1.94. The van der Waals surface area contributed by atoms with Gasteiger partial charge in [-0.25, -0.2) is 0 Å². The number of nitrogens with two attached hydrogens (primary N) is 1. The molecule has 0 atom stereocenters. The van der Waals surface area contributed by atoms with Crippen molar-refractivity contribution in [3.05, 3.63) is 23.2 Å². The first-order valence-electron chi connectivity index (χ1n) is 3.99. The summed E-state index contributed by atoms with van der Waals surface area (Å²) in [6.07, 6.45) is 0. The van der Waals surface area contributed by atoms with Crippen LogP contribution in [-0.2, 0) is 4.79 Å². The lowest BCUT2D eigenvalue weighted by Crippen LogP contribution is -2.21. The molecule has 0 unspecified atom stereocenters. The second-order valence-electron chi connectivity index (χ2n) is 2.67. The Balaban J connectivity index is 2.73. The van der Waals surface area contributed by atoms with E-state index in [1.54, 1.807) is 25.3 Å². The van der Waals surface area contributed by atoms with Gasteiger partial charge in [-0.05, 0) is 12.1 Å². The molecule has 0 aliphatic carbocycles. The lowest BCUT2D eigenvalue weighted by Gasteiger charge is -2.07. The first-order chi connectivity index (χ1) is 6.63. The Morgan fingerprint density at radius 2 is 2.36 bits per heavy atom. The fourth-order valence-electron chi connectivity index (χ4n) is 0.949. The highest BCUT2D eigenvalue weighted by Gasteiger charge is 2.02. The molecule has 1 aromatic carbocycles. The van der Waals surface area contributed by atoms with E-state index in [9.17, 15) is 4.79 Å². The van der Waals surface area contributed by atoms with Crippen molar-refractivity contribution in [2.45, 2.75) is 0 Å². The summed E-state index contributed by atoms with van der Waals surface area (Å²) in [5.41, 5.74) is 5.64. The summed E-state index contributed by atoms with van der Waals surface area (Å²) in [6.45, 7) is 0.0616. The number of anilines is 1. The minimum Gasteiger partial charge on any atom is -0.497 e. The van der Waals surface area contributed by atoms with Crippen molar-refractivity contribution in [1.82, 2.24) is 0 Å². The van der Waals surface area contributed by atoms with Crippen LogP contribution in [0.5, 0.6) is 5.75 Å². The van der Waals surface area contributed by atoms with Gasteiger partial charge >= 0.3 is 0 Å². The number of halogens is 1. The van der Waals surface area contributed by atoms with Crippen LogP contribution < -0.4 is 15.8 Å². The minimum absolute atomic E-state index is 0.0616. The molecule has 76 valence electrons. The second-order valence-corrected chi connectivity index (χ2v) is 3.07. The molecule has 0 aromatic heterocycles. The molecular formula is C9H11ClN2O2. The van der Waals surface area contributed by atoms with E-state index in [1.165, 1.54) is 0 Å². The van der Waals surface area contributed by atoms with Gasteiger partial charge in [0.15, 0.2) is 0 Å². The first kappa shape index (κ1) is 10.7. The van der Waals surface area contributed by atoms with Crippen LogP contribution in [0.1, 0.15) is 0 Å². The molecule has 14 heavy (non-hydrogen) atoms. The number of carbonyl (C=O) groups excluding carboxylic acids is 1. The zero-order valence-corrected chi connectivity index (χ0v) is 8.47. The van der Waals surface area contributed by atoms with Gasteiger partial charge < -0.3 is 15.8 Å². The Kier molecular flexibility index (Phi) is 3.59. The van der Waals surface area contributed by atoms with Crippen molar-refractivity contribution < 1.29 is 9.53 Å². The van der Waals surface area contributed by atoms with Gasteiger partial charge in [-0.3, -0.25) is 4.79 Å². The molecular weight excluding hydrogens is 204 g/mol. The monoisotopic (exact) mass is 214 g/mol. The standard InChI is InChI=1S/C9H11ClN2O2/c1-14-6-2-3-8(7(10)4-6)12-5-9(11)13/h2-4,12H,5H2,1H3,(H2,11,13). The molecule has 4 nitrogen and oxygen atoms in total. The fraction of sp³-hybridized carbons (Fsp3) is 0.222.